The molecule has 0 radical (unpaired) electrons. The van der Waals surface area contributed by atoms with Crippen molar-refractivity contribution in [2.45, 2.75) is 38.8 Å². The molecule has 0 aromatic heterocycles. The van der Waals surface area contributed by atoms with E-state index in [9.17, 15) is 0 Å². The Labute approximate surface area is 105 Å². The van der Waals surface area contributed by atoms with Crippen LogP contribution in [-0.2, 0) is 6.42 Å². The van der Waals surface area contributed by atoms with Gasteiger partial charge in [-0.15, -0.1) is 0 Å². The molecule has 1 unspecified atom stereocenters. The van der Waals surface area contributed by atoms with Crippen LogP contribution in [0.1, 0.15) is 25.8 Å². The highest BCUT2D eigenvalue weighted by Crippen LogP contribution is 2.14. The number of benzene rings is 1. The Kier molecular flexibility index (Phi) is 4.57. The van der Waals surface area contributed by atoms with E-state index in [2.05, 4.69) is 54.4 Å². The normalized spacial score (nSPS) is 22.6. The minimum atomic E-state index is 0.639. The summed E-state index contributed by atoms with van der Waals surface area (Å²) in [6, 6.07) is 12.1. The summed E-state index contributed by atoms with van der Waals surface area (Å²) in [6.07, 6.45) is 2.43. The van der Waals surface area contributed by atoms with Crippen LogP contribution in [0.3, 0.4) is 0 Å². The highest BCUT2D eigenvalue weighted by Gasteiger charge is 2.22. The van der Waals surface area contributed by atoms with E-state index in [0.29, 0.717) is 12.1 Å². The molecule has 2 rings (SSSR count). The van der Waals surface area contributed by atoms with E-state index >= 15 is 0 Å². The molecule has 0 amide bonds. The van der Waals surface area contributed by atoms with Crippen LogP contribution in [0.5, 0.6) is 0 Å². The lowest BCUT2D eigenvalue weighted by atomic mass is 10.0. The fraction of sp³-hybridized carbons (Fsp3) is 0.600. The van der Waals surface area contributed by atoms with Gasteiger partial charge in [0.05, 0.1) is 0 Å². The summed E-state index contributed by atoms with van der Waals surface area (Å²) in [4.78, 5) is 2.65. The van der Waals surface area contributed by atoms with Gasteiger partial charge in [-0.25, -0.2) is 0 Å². The Bertz CT molecular complexity index is 321. The number of hydrogen-bond donors (Lipinski definition) is 1. The van der Waals surface area contributed by atoms with E-state index in [4.69, 9.17) is 0 Å². The van der Waals surface area contributed by atoms with Crippen LogP contribution >= 0.6 is 0 Å². The molecule has 1 fully saturated rings. The van der Waals surface area contributed by atoms with Gasteiger partial charge in [0, 0.05) is 18.6 Å². The molecule has 1 aromatic rings. The molecule has 1 heterocycles. The summed E-state index contributed by atoms with van der Waals surface area (Å²) >= 11 is 0. The molecule has 0 spiro atoms. The maximum absolute atomic E-state index is 3.56. The topological polar surface area (TPSA) is 15.3 Å². The van der Waals surface area contributed by atoms with Gasteiger partial charge in [-0.2, -0.15) is 0 Å². The van der Waals surface area contributed by atoms with Crippen LogP contribution in [0, 0.1) is 0 Å². The molecular formula is C15H24N2. The quantitative estimate of drug-likeness (QED) is 0.860. The van der Waals surface area contributed by atoms with Crippen molar-refractivity contribution in [3.8, 4) is 0 Å². The largest absolute Gasteiger partial charge is 0.315 e. The van der Waals surface area contributed by atoms with Crippen molar-refractivity contribution in [2.75, 3.05) is 19.6 Å². The summed E-state index contributed by atoms with van der Waals surface area (Å²) in [6.45, 7) is 8.12. The number of nitrogens with one attached hydrogen (secondary N) is 1. The molecular weight excluding hydrogens is 208 g/mol. The van der Waals surface area contributed by atoms with Crippen molar-refractivity contribution in [1.29, 1.82) is 0 Å². The first-order valence-electron chi connectivity index (χ1n) is 6.78. The summed E-state index contributed by atoms with van der Waals surface area (Å²) in [5.41, 5.74) is 1.45. The average Bonchev–Trinajstić information content (AvgIpc) is 2.56. The SMILES string of the molecule is CC(C)N1CCCNCC1Cc1ccccc1. The Morgan fingerprint density at radius 1 is 1.29 bits per heavy atom. The van der Waals surface area contributed by atoms with Crippen molar-refractivity contribution < 1.29 is 0 Å². The van der Waals surface area contributed by atoms with Gasteiger partial charge in [-0.1, -0.05) is 30.3 Å². The molecule has 1 atom stereocenters. The highest BCUT2D eigenvalue weighted by atomic mass is 15.2. The Hall–Kier alpha value is -0.860. The van der Waals surface area contributed by atoms with Gasteiger partial charge in [0.1, 0.15) is 0 Å². The second-order valence-corrected chi connectivity index (χ2v) is 5.23. The van der Waals surface area contributed by atoms with E-state index in [1.54, 1.807) is 0 Å². The third-order valence-electron chi connectivity index (χ3n) is 3.60. The van der Waals surface area contributed by atoms with Gasteiger partial charge in [0.25, 0.3) is 0 Å². The molecule has 1 aromatic carbocycles. The smallest absolute Gasteiger partial charge is 0.0263 e. The third-order valence-corrected chi connectivity index (χ3v) is 3.60. The molecule has 0 bridgehead atoms. The van der Waals surface area contributed by atoms with Crippen LogP contribution in [0.25, 0.3) is 0 Å². The molecule has 94 valence electrons. The van der Waals surface area contributed by atoms with Crippen LogP contribution in [0.4, 0.5) is 0 Å². The van der Waals surface area contributed by atoms with E-state index in [-0.39, 0.29) is 0 Å². The first kappa shape index (κ1) is 12.6. The van der Waals surface area contributed by atoms with E-state index in [1.807, 2.05) is 0 Å². The van der Waals surface area contributed by atoms with E-state index in [0.717, 1.165) is 19.5 Å². The first-order valence-corrected chi connectivity index (χ1v) is 6.78. The number of rotatable bonds is 3. The Morgan fingerprint density at radius 2 is 2.06 bits per heavy atom. The molecule has 1 N–H and O–H groups in total. The van der Waals surface area contributed by atoms with Crippen molar-refractivity contribution in [1.82, 2.24) is 10.2 Å². The van der Waals surface area contributed by atoms with Gasteiger partial charge in [0.15, 0.2) is 0 Å². The molecule has 2 nitrogen and oxygen atoms in total. The van der Waals surface area contributed by atoms with Crippen LogP contribution in [0.15, 0.2) is 30.3 Å². The van der Waals surface area contributed by atoms with Gasteiger partial charge < -0.3 is 5.32 Å². The predicted octanol–water partition coefficient (Wildman–Crippen LogP) is 2.30. The van der Waals surface area contributed by atoms with Gasteiger partial charge in [0.2, 0.25) is 0 Å². The zero-order chi connectivity index (χ0) is 12.1. The molecule has 0 aliphatic carbocycles. The minimum Gasteiger partial charge on any atom is -0.315 e. The van der Waals surface area contributed by atoms with Crippen LogP contribution in [-0.4, -0.2) is 36.6 Å². The summed E-state index contributed by atoms with van der Waals surface area (Å²) < 4.78 is 0. The zero-order valence-electron chi connectivity index (χ0n) is 11.0. The summed E-state index contributed by atoms with van der Waals surface area (Å²) in [7, 11) is 0. The molecule has 1 saturated heterocycles. The standard InChI is InChI=1S/C15H24N2/c1-13(2)17-10-6-9-16-12-15(17)11-14-7-4-3-5-8-14/h3-5,7-8,13,15-16H,6,9-12H2,1-2H3. The van der Waals surface area contributed by atoms with Gasteiger partial charge in [-0.3, -0.25) is 4.90 Å². The van der Waals surface area contributed by atoms with E-state index < -0.39 is 0 Å². The monoisotopic (exact) mass is 232 g/mol. The van der Waals surface area contributed by atoms with Crippen molar-refractivity contribution in [3.63, 3.8) is 0 Å². The summed E-state index contributed by atoms with van der Waals surface area (Å²) in [5.74, 6) is 0. The average molecular weight is 232 g/mol. The fourth-order valence-corrected chi connectivity index (χ4v) is 2.71. The van der Waals surface area contributed by atoms with Gasteiger partial charge in [-0.05, 0) is 45.3 Å². The third kappa shape index (κ3) is 3.55. The number of nitrogens with zero attached hydrogens (tertiary/aromatic N) is 1. The van der Waals surface area contributed by atoms with Crippen molar-refractivity contribution >= 4 is 0 Å². The summed E-state index contributed by atoms with van der Waals surface area (Å²) in [5, 5.41) is 3.56. The second-order valence-electron chi connectivity index (χ2n) is 5.23. The maximum Gasteiger partial charge on any atom is 0.0263 e. The Morgan fingerprint density at radius 3 is 2.76 bits per heavy atom. The van der Waals surface area contributed by atoms with Crippen LogP contribution in [0.2, 0.25) is 0 Å². The lowest BCUT2D eigenvalue weighted by molar-refractivity contribution is 0.163. The molecule has 17 heavy (non-hydrogen) atoms. The highest BCUT2D eigenvalue weighted by molar-refractivity contribution is 5.16. The molecule has 2 heteroatoms. The van der Waals surface area contributed by atoms with E-state index in [1.165, 1.54) is 18.5 Å². The minimum absolute atomic E-state index is 0.639. The predicted molar refractivity (Wildman–Crippen MR) is 73.3 cm³/mol. The number of hydrogen-bond acceptors (Lipinski definition) is 2. The second kappa shape index (κ2) is 6.18. The van der Waals surface area contributed by atoms with Crippen molar-refractivity contribution in [2.24, 2.45) is 0 Å². The first-order chi connectivity index (χ1) is 8.27. The lowest BCUT2D eigenvalue weighted by Crippen LogP contribution is -2.45. The maximum atomic E-state index is 3.56. The van der Waals surface area contributed by atoms with Gasteiger partial charge >= 0.3 is 0 Å². The van der Waals surface area contributed by atoms with Crippen LogP contribution < -0.4 is 5.32 Å². The van der Waals surface area contributed by atoms with Crippen molar-refractivity contribution in [3.05, 3.63) is 35.9 Å². The fourth-order valence-electron chi connectivity index (χ4n) is 2.71. The molecule has 0 saturated carbocycles. The molecule has 1 aliphatic rings. The zero-order valence-corrected chi connectivity index (χ0v) is 11.0. The Balaban J connectivity index is 2.05. The molecule has 1 aliphatic heterocycles. The lowest BCUT2D eigenvalue weighted by Gasteiger charge is -2.33.